The van der Waals surface area contributed by atoms with E-state index < -0.39 is 0 Å². The first-order valence-electron chi connectivity index (χ1n) is 10.2. The maximum absolute atomic E-state index is 11.9. The Morgan fingerprint density at radius 2 is 1.92 bits per heavy atom. The Kier molecular flexibility index (Phi) is 3.99. The van der Waals surface area contributed by atoms with Crippen LogP contribution in [-0.2, 0) is 4.79 Å². The third-order valence-electron chi connectivity index (χ3n) is 9.01. The fourth-order valence-electron chi connectivity index (χ4n) is 7.66. The molecule has 4 aliphatic rings. The minimum absolute atomic E-state index is 0.291. The van der Waals surface area contributed by atoms with Crippen molar-refractivity contribution in [3.63, 3.8) is 0 Å². The molecule has 0 bridgehead atoms. The summed E-state index contributed by atoms with van der Waals surface area (Å²) in [5.74, 6) is 3.97. The number of ketones is 1. The molecule has 7 atom stereocenters. The van der Waals surface area contributed by atoms with Crippen molar-refractivity contribution in [1.29, 1.82) is 0 Å². The normalized spacial score (nSPS) is 49.0. The molecule has 2 heteroatoms. The van der Waals surface area contributed by atoms with Gasteiger partial charge in [0.05, 0.1) is 0 Å². The molecule has 0 amide bonds. The summed E-state index contributed by atoms with van der Waals surface area (Å²) < 4.78 is 0. The van der Waals surface area contributed by atoms with Crippen molar-refractivity contribution in [2.45, 2.75) is 72.1 Å². The number of carbonyl (C=O) groups is 1. The van der Waals surface area contributed by atoms with Crippen molar-refractivity contribution in [3.05, 3.63) is 11.6 Å². The lowest BCUT2D eigenvalue weighted by Gasteiger charge is -2.58. The maximum Gasteiger partial charge on any atom is 0.155 e. The van der Waals surface area contributed by atoms with Crippen LogP contribution in [0.1, 0.15) is 72.1 Å². The minimum atomic E-state index is 0.291. The molecular formula is C22H34O2. The van der Waals surface area contributed by atoms with E-state index >= 15 is 0 Å². The second kappa shape index (κ2) is 5.69. The van der Waals surface area contributed by atoms with E-state index in [-0.39, 0.29) is 0 Å². The van der Waals surface area contributed by atoms with Gasteiger partial charge in [0.15, 0.2) is 5.78 Å². The molecule has 134 valence electrons. The van der Waals surface area contributed by atoms with Crippen LogP contribution in [0.2, 0.25) is 0 Å². The summed E-state index contributed by atoms with van der Waals surface area (Å²) in [6.45, 7) is 7.59. The first-order chi connectivity index (χ1) is 11.4. The van der Waals surface area contributed by atoms with Crippen molar-refractivity contribution in [2.24, 2.45) is 40.4 Å². The zero-order chi connectivity index (χ0) is 17.1. The van der Waals surface area contributed by atoms with Gasteiger partial charge in [0, 0.05) is 13.0 Å². The van der Waals surface area contributed by atoms with Crippen molar-refractivity contribution < 1.29 is 9.90 Å². The topological polar surface area (TPSA) is 37.3 Å². The molecule has 1 N–H and O–H groups in total. The molecule has 0 aromatic rings. The summed E-state index contributed by atoms with van der Waals surface area (Å²) in [4.78, 5) is 11.9. The summed E-state index contributed by atoms with van der Waals surface area (Å²) in [7, 11) is 0. The van der Waals surface area contributed by atoms with Gasteiger partial charge in [-0.3, -0.25) is 4.79 Å². The van der Waals surface area contributed by atoms with E-state index in [1.165, 1.54) is 37.7 Å². The Balaban J connectivity index is 1.63. The summed E-state index contributed by atoms with van der Waals surface area (Å²) in [5.41, 5.74) is 2.20. The molecule has 0 saturated heterocycles. The highest BCUT2D eigenvalue weighted by Gasteiger charge is 2.59. The average Bonchev–Trinajstić information content (AvgIpc) is 2.92. The lowest BCUT2D eigenvalue weighted by molar-refractivity contribution is -0.117. The fraction of sp³-hybridized carbons (Fsp3) is 0.864. The molecule has 3 saturated carbocycles. The number of hydrogen-bond donors (Lipinski definition) is 1. The number of aliphatic hydroxyl groups excluding tert-OH is 1. The predicted octanol–water partition coefficient (Wildman–Crippen LogP) is 4.76. The largest absolute Gasteiger partial charge is 0.396 e. The Labute approximate surface area is 147 Å². The quantitative estimate of drug-likeness (QED) is 0.792. The number of rotatable bonds is 2. The van der Waals surface area contributed by atoms with Gasteiger partial charge in [0.25, 0.3) is 0 Å². The van der Waals surface area contributed by atoms with Crippen LogP contribution in [0.15, 0.2) is 11.6 Å². The number of carbonyl (C=O) groups excluding carboxylic acids is 1. The van der Waals surface area contributed by atoms with E-state index in [2.05, 4.69) is 20.8 Å². The molecule has 3 fully saturated rings. The molecule has 2 nitrogen and oxygen atoms in total. The first-order valence-corrected chi connectivity index (χ1v) is 10.2. The van der Waals surface area contributed by atoms with E-state index in [1.807, 2.05) is 6.08 Å². The molecule has 5 unspecified atom stereocenters. The van der Waals surface area contributed by atoms with Crippen LogP contribution in [0, 0.1) is 40.4 Å². The van der Waals surface area contributed by atoms with Gasteiger partial charge in [0.2, 0.25) is 0 Å². The fourth-order valence-corrected chi connectivity index (χ4v) is 7.66. The lowest BCUT2D eigenvalue weighted by atomic mass is 9.46. The van der Waals surface area contributed by atoms with Crippen LogP contribution in [0.5, 0.6) is 0 Å². The highest BCUT2D eigenvalue weighted by molar-refractivity contribution is 5.91. The molecule has 0 radical (unpaired) electrons. The van der Waals surface area contributed by atoms with Crippen LogP contribution >= 0.6 is 0 Å². The highest BCUT2D eigenvalue weighted by Crippen LogP contribution is 2.67. The molecule has 0 aliphatic heterocycles. The molecule has 4 rings (SSSR count). The van der Waals surface area contributed by atoms with Gasteiger partial charge in [-0.15, -0.1) is 0 Å². The standard InChI is InChI=1S/C22H34O2/c1-14(13-23)18-6-7-19-17-5-4-15-12-16(24)8-10-21(15,2)20(17)9-11-22(18,19)3/h12,14,17-20,23H,4-11,13H2,1-3H3/t14-,17?,18?,19?,20?,21?,22-/m1/s1. The molecule has 0 heterocycles. The second-order valence-electron chi connectivity index (χ2n) is 9.86. The van der Waals surface area contributed by atoms with Crippen molar-refractivity contribution in [3.8, 4) is 0 Å². The maximum atomic E-state index is 11.9. The predicted molar refractivity (Wildman–Crippen MR) is 96.4 cm³/mol. The Morgan fingerprint density at radius 3 is 2.67 bits per heavy atom. The van der Waals surface area contributed by atoms with Crippen LogP contribution in [0.4, 0.5) is 0 Å². The van der Waals surface area contributed by atoms with Crippen LogP contribution < -0.4 is 0 Å². The second-order valence-corrected chi connectivity index (χ2v) is 9.86. The van der Waals surface area contributed by atoms with E-state index in [0.29, 0.717) is 35.1 Å². The highest BCUT2D eigenvalue weighted by atomic mass is 16.3. The molecule has 24 heavy (non-hydrogen) atoms. The number of hydrogen-bond acceptors (Lipinski definition) is 2. The van der Waals surface area contributed by atoms with Crippen LogP contribution in [-0.4, -0.2) is 17.5 Å². The molecule has 0 spiro atoms. The SMILES string of the molecule is C[C@H](CO)C1CCC2C3CCC4=CC(=O)CCC4(C)C3CC[C@@]21C. The first kappa shape index (κ1) is 16.8. The van der Waals surface area contributed by atoms with Crippen LogP contribution in [0.3, 0.4) is 0 Å². The van der Waals surface area contributed by atoms with Gasteiger partial charge >= 0.3 is 0 Å². The summed E-state index contributed by atoms with van der Waals surface area (Å²) in [5, 5.41) is 9.71. The lowest BCUT2D eigenvalue weighted by Crippen LogP contribution is -2.51. The molecule has 0 aromatic heterocycles. The number of fused-ring (bicyclic) bond motifs is 5. The van der Waals surface area contributed by atoms with Gasteiger partial charge in [-0.25, -0.2) is 0 Å². The monoisotopic (exact) mass is 330 g/mol. The van der Waals surface area contributed by atoms with E-state index in [4.69, 9.17) is 0 Å². The molecule has 0 aromatic carbocycles. The van der Waals surface area contributed by atoms with E-state index in [9.17, 15) is 9.90 Å². The van der Waals surface area contributed by atoms with E-state index in [0.717, 1.165) is 37.0 Å². The molecule has 4 aliphatic carbocycles. The average molecular weight is 331 g/mol. The third kappa shape index (κ3) is 2.21. The van der Waals surface area contributed by atoms with Gasteiger partial charge in [-0.2, -0.15) is 0 Å². The summed E-state index contributed by atoms with van der Waals surface area (Å²) in [6, 6.07) is 0. The summed E-state index contributed by atoms with van der Waals surface area (Å²) >= 11 is 0. The van der Waals surface area contributed by atoms with Gasteiger partial charge in [0.1, 0.15) is 0 Å². The van der Waals surface area contributed by atoms with Crippen molar-refractivity contribution in [2.75, 3.05) is 6.61 Å². The van der Waals surface area contributed by atoms with Gasteiger partial charge in [-0.05, 0) is 91.4 Å². The Morgan fingerprint density at radius 1 is 1.12 bits per heavy atom. The number of aliphatic hydroxyl groups is 1. The summed E-state index contributed by atoms with van der Waals surface area (Å²) in [6.07, 6.45) is 11.6. The minimum Gasteiger partial charge on any atom is -0.396 e. The van der Waals surface area contributed by atoms with Crippen molar-refractivity contribution in [1.82, 2.24) is 0 Å². The van der Waals surface area contributed by atoms with Gasteiger partial charge < -0.3 is 5.11 Å². The Hall–Kier alpha value is -0.630. The smallest absolute Gasteiger partial charge is 0.155 e. The van der Waals surface area contributed by atoms with Crippen molar-refractivity contribution >= 4 is 5.78 Å². The molecular weight excluding hydrogens is 296 g/mol. The zero-order valence-electron chi connectivity index (χ0n) is 15.7. The van der Waals surface area contributed by atoms with E-state index in [1.54, 1.807) is 0 Å². The van der Waals surface area contributed by atoms with Gasteiger partial charge in [-0.1, -0.05) is 26.3 Å². The third-order valence-corrected chi connectivity index (χ3v) is 9.01. The van der Waals surface area contributed by atoms with Crippen LogP contribution in [0.25, 0.3) is 0 Å². The zero-order valence-corrected chi connectivity index (χ0v) is 15.7. The number of allylic oxidation sites excluding steroid dienone is 1. The Bertz CT molecular complexity index is 564.